The zero-order chi connectivity index (χ0) is 12.1. The van der Waals surface area contributed by atoms with Gasteiger partial charge in [0.15, 0.2) is 0 Å². The number of hydrogen-bond donors (Lipinski definition) is 3. The van der Waals surface area contributed by atoms with Gasteiger partial charge in [-0.1, -0.05) is 23.9 Å². The fourth-order valence-electron chi connectivity index (χ4n) is 0.961. The lowest BCUT2D eigenvalue weighted by Gasteiger charge is -2.05. The van der Waals surface area contributed by atoms with Gasteiger partial charge < -0.3 is 15.9 Å². The highest BCUT2D eigenvalue weighted by Gasteiger charge is 2.16. The van der Waals surface area contributed by atoms with Gasteiger partial charge in [0.2, 0.25) is 5.12 Å². The van der Waals surface area contributed by atoms with E-state index >= 15 is 0 Å². The number of aliphatic carboxylic acids is 1. The van der Waals surface area contributed by atoms with Crippen molar-refractivity contribution >= 4 is 22.8 Å². The van der Waals surface area contributed by atoms with Crippen LogP contribution in [0.3, 0.4) is 0 Å². The Morgan fingerprint density at radius 1 is 1.38 bits per heavy atom. The maximum absolute atomic E-state index is 11.5. The molecule has 1 aromatic carbocycles. The second kappa shape index (κ2) is 5.53. The van der Waals surface area contributed by atoms with Crippen LogP contribution in [0.4, 0.5) is 0 Å². The Balaban J connectivity index is 2.60. The normalized spacial score (nSPS) is 12.1. The number of carbonyl (C=O) groups excluding carboxylic acids is 1. The Labute approximate surface area is 96.3 Å². The summed E-state index contributed by atoms with van der Waals surface area (Å²) in [7, 11) is 0. The summed E-state index contributed by atoms with van der Waals surface area (Å²) < 4.78 is 0. The fraction of sp³-hybridized carbons (Fsp3) is 0.200. The third-order valence-corrected chi connectivity index (χ3v) is 2.84. The summed E-state index contributed by atoms with van der Waals surface area (Å²) >= 11 is 0.775. The van der Waals surface area contributed by atoms with Crippen LogP contribution in [-0.2, 0) is 4.79 Å². The molecule has 0 saturated heterocycles. The molecule has 0 amide bonds. The first-order valence-corrected chi connectivity index (χ1v) is 5.44. The van der Waals surface area contributed by atoms with Crippen LogP contribution < -0.4 is 5.73 Å². The smallest absolute Gasteiger partial charge is 0.321 e. The van der Waals surface area contributed by atoms with Crippen molar-refractivity contribution in [2.75, 3.05) is 5.75 Å². The summed E-state index contributed by atoms with van der Waals surface area (Å²) in [6, 6.07) is 4.99. The lowest BCUT2D eigenvalue weighted by Crippen LogP contribution is -2.32. The second-order valence-electron chi connectivity index (χ2n) is 3.06. The SMILES string of the molecule is N[C@@H](CSC(=O)c1ccccc1O)C(=O)O. The van der Waals surface area contributed by atoms with E-state index in [9.17, 15) is 14.7 Å². The molecule has 0 spiro atoms. The predicted molar refractivity (Wildman–Crippen MR) is 60.5 cm³/mol. The lowest BCUT2D eigenvalue weighted by atomic mass is 10.2. The first-order valence-electron chi connectivity index (χ1n) is 4.46. The van der Waals surface area contributed by atoms with Gasteiger partial charge in [-0.25, -0.2) is 0 Å². The van der Waals surface area contributed by atoms with E-state index in [0.29, 0.717) is 0 Å². The summed E-state index contributed by atoms with van der Waals surface area (Å²) in [6.07, 6.45) is 0. The molecule has 0 aliphatic carbocycles. The Kier molecular flexibility index (Phi) is 4.33. The number of phenolic OH excluding ortho intramolecular Hbond substituents is 1. The number of nitrogens with two attached hydrogens (primary N) is 1. The minimum Gasteiger partial charge on any atom is -0.507 e. The van der Waals surface area contributed by atoms with E-state index in [1.807, 2.05) is 0 Å². The van der Waals surface area contributed by atoms with E-state index in [2.05, 4.69) is 0 Å². The zero-order valence-corrected chi connectivity index (χ0v) is 9.11. The van der Waals surface area contributed by atoms with E-state index < -0.39 is 17.1 Å². The van der Waals surface area contributed by atoms with Crippen LogP contribution in [0.2, 0.25) is 0 Å². The van der Waals surface area contributed by atoms with Gasteiger partial charge in [-0.3, -0.25) is 9.59 Å². The summed E-state index contributed by atoms with van der Waals surface area (Å²) in [5.74, 6) is -1.30. The molecule has 1 rings (SSSR count). The second-order valence-corrected chi connectivity index (χ2v) is 4.05. The van der Waals surface area contributed by atoms with Gasteiger partial charge >= 0.3 is 5.97 Å². The molecule has 86 valence electrons. The molecule has 0 saturated carbocycles. The number of aromatic hydroxyl groups is 1. The molecule has 0 bridgehead atoms. The standard InChI is InChI=1S/C10H11NO4S/c11-7(9(13)14)5-16-10(15)6-3-1-2-4-8(6)12/h1-4,7,12H,5,11H2,(H,13,14)/t7-/m0/s1. The molecule has 0 radical (unpaired) electrons. The van der Waals surface area contributed by atoms with Gasteiger partial charge in [-0.2, -0.15) is 0 Å². The van der Waals surface area contributed by atoms with Crippen molar-refractivity contribution in [3.63, 3.8) is 0 Å². The molecule has 0 fully saturated rings. The van der Waals surface area contributed by atoms with E-state index in [1.54, 1.807) is 12.1 Å². The molecule has 4 N–H and O–H groups in total. The van der Waals surface area contributed by atoms with Gasteiger partial charge in [-0.05, 0) is 12.1 Å². The molecular formula is C10H11NO4S. The summed E-state index contributed by atoms with van der Waals surface area (Å²) in [4.78, 5) is 22.0. The molecule has 0 aliphatic rings. The van der Waals surface area contributed by atoms with Crippen molar-refractivity contribution in [2.24, 2.45) is 5.73 Å². The van der Waals surface area contributed by atoms with E-state index in [0.717, 1.165) is 11.8 Å². The van der Waals surface area contributed by atoms with Crippen molar-refractivity contribution in [1.82, 2.24) is 0 Å². The van der Waals surface area contributed by atoms with Crippen LogP contribution in [0, 0.1) is 0 Å². The highest BCUT2D eigenvalue weighted by molar-refractivity contribution is 8.14. The third kappa shape index (κ3) is 3.25. The first-order chi connectivity index (χ1) is 7.52. The Bertz CT molecular complexity index is 408. The van der Waals surface area contributed by atoms with Gasteiger partial charge in [0, 0.05) is 5.75 Å². The minimum absolute atomic E-state index is 0.0253. The average molecular weight is 241 g/mol. The van der Waals surface area contributed by atoms with Crippen molar-refractivity contribution in [1.29, 1.82) is 0 Å². The molecule has 6 heteroatoms. The molecular weight excluding hydrogens is 230 g/mol. The van der Waals surface area contributed by atoms with E-state index in [1.165, 1.54) is 12.1 Å². The van der Waals surface area contributed by atoms with Crippen LogP contribution >= 0.6 is 11.8 Å². The van der Waals surface area contributed by atoms with Gasteiger partial charge in [-0.15, -0.1) is 0 Å². The maximum atomic E-state index is 11.5. The summed E-state index contributed by atoms with van der Waals surface area (Å²) in [5, 5.41) is 17.5. The third-order valence-electron chi connectivity index (χ3n) is 1.84. The number of carboxylic acids is 1. The van der Waals surface area contributed by atoms with Crippen molar-refractivity contribution in [2.45, 2.75) is 6.04 Å². The Morgan fingerprint density at radius 3 is 2.56 bits per heavy atom. The number of rotatable bonds is 4. The van der Waals surface area contributed by atoms with Gasteiger partial charge in [0.1, 0.15) is 11.8 Å². The largest absolute Gasteiger partial charge is 0.507 e. The predicted octanol–water partition coefficient (Wildman–Crippen LogP) is 0.677. The number of carbonyl (C=O) groups is 2. The zero-order valence-electron chi connectivity index (χ0n) is 8.29. The van der Waals surface area contributed by atoms with Crippen LogP contribution in [0.15, 0.2) is 24.3 Å². The highest BCUT2D eigenvalue weighted by Crippen LogP contribution is 2.21. The molecule has 0 heterocycles. The quantitative estimate of drug-likeness (QED) is 0.716. The number of thioether (sulfide) groups is 1. The molecule has 0 aromatic heterocycles. The fourth-order valence-corrected chi connectivity index (χ4v) is 1.76. The van der Waals surface area contributed by atoms with E-state index in [4.69, 9.17) is 10.8 Å². The molecule has 1 aromatic rings. The minimum atomic E-state index is -1.16. The number of hydrogen-bond acceptors (Lipinski definition) is 5. The van der Waals surface area contributed by atoms with Crippen LogP contribution in [0.5, 0.6) is 5.75 Å². The topological polar surface area (TPSA) is 101 Å². The summed E-state index contributed by atoms with van der Waals surface area (Å²) in [6.45, 7) is 0. The summed E-state index contributed by atoms with van der Waals surface area (Å²) in [5.41, 5.74) is 5.40. The Morgan fingerprint density at radius 2 is 2.00 bits per heavy atom. The van der Waals surface area contributed by atoms with Crippen LogP contribution in [-0.4, -0.2) is 33.1 Å². The van der Waals surface area contributed by atoms with Crippen LogP contribution in [0.1, 0.15) is 10.4 Å². The Hall–Kier alpha value is -1.53. The first kappa shape index (κ1) is 12.5. The van der Waals surface area contributed by atoms with Gasteiger partial charge in [0.05, 0.1) is 5.56 Å². The maximum Gasteiger partial charge on any atom is 0.321 e. The number of phenols is 1. The molecule has 16 heavy (non-hydrogen) atoms. The van der Waals surface area contributed by atoms with Gasteiger partial charge in [0.25, 0.3) is 0 Å². The molecule has 1 atom stereocenters. The average Bonchev–Trinajstić information content (AvgIpc) is 2.25. The van der Waals surface area contributed by atoms with Crippen molar-refractivity contribution in [3.05, 3.63) is 29.8 Å². The molecule has 5 nitrogen and oxygen atoms in total. The molecule has 0 unspecified atom stereocenters. The number of para-hydroxylation sites is 1. The number of carboxylic acid groups (broad SMARTS) is 1. The van der Waals surface area contributed by atoms with Crippen LogP contribution in [0.25, 0.3) is 0 Å². The lowest BCUT2D eigenvalue weighted by molar-refractivity contribution is -0.137. The van der Waals surface area contributed by atoms with Crippen molar-refractivity contribution in [3.8, 4) is 5.75 Å². The van der Waals surface area contributed by atoms with Crippen molar-refractivity contribution < 1.29 is 19.8 Å². The number of benzene rings is 1. The monoisotopic (exact) mass is 241 g/mol. The van der Waals surface area contributed by atoms with E-state index in [-0.39, 0.29) is 17.1 Å². The highest BCUT2D eigenvalue weighted by atomic mass is 32.2. The molecule has 0 aliphatic heterocycles.